The Balaban J connectivity index is 0.000000242. The maximum absolute atomic E-state index is 10.6. The molecule has 2 fully saturated rings. The highest BCUT2D eigenvalue weighted by Crippen LogP contribution is 2.30. The molecule has 0 bridgehead atoms. The Morgan fingerprint density at radius 3 is 2.23 bits per heavy atom. The van der Waals surface area contributed by atoms with Gasteiger partial charge in [-0.05, 0) is 18.8 Å². The smallest absolute Gasteiger partial charge is 0.475 e. The third-order valence-electron chi connectivity index (χ3n) is 4.42. The van der Waals surface area contributed by atoms with Crippen molar-refractivity contribution in [2.75, 3.05) is 37.6 Å². The molecule has 26 heavy (non-hydrogen) atoms. The minimum atomic E-state index is -5.08. The fraction of sp³-hybridized carbons (Fsp3) is 0.562. The number of hydrogen-bond donors (Lipinski definition) is 1. The Morgan fingerprint density at radius 1 is 1.12 bits per heavy atom. The predicted molar refractivity (Wildman–Crippen MR) is 88.1 cm³/mol. The van der Waals surface area contributed by atoms with Crippen molar-refractivity contribution in [1.29, 1.82) is 0 Å². The molecule has 1 aliphatic heterocycles. The Kier molecular flexibility index (Phi) is 5.30. The van der Waals surface area contributed by atoms with E-state index in [0.29, 0.717) is 0 Å². The number of aromatic nitrogens is 3. The molecule has 0 radical (unpaired) electrons. The van der Waals surface area contributed by atoms with Crippen LogP contribution in [0.4, 0.5) is 19.0 Å². The number of carboxylic acids is 1. The second-order valence-corrected chi connectivity index (χ2v) is 6.44. The van der Waals surface area contributed by atoms with Gasteiger partial charge in [-0.1, -0.05) is 0 Å². The lowest BCUT2D eigenvalue weighted by molar-refractivity contribution is -0.192. The Labute approximate surface area is 148 Å². The largest absolute Gasteiger partial charge is 0.490 e. The molecule has 7 nitrogen and oxygen atoms in total. The molecule has 10 heteroatoms. The standard InChI is InChI=1S/C14H19N5.C2HF3O2/c1-2-12(1)11-17-7-9-19(10-8-17)14-13-15-3-5-18(13)6-4-16-14;3-2(4,5)1(6)7/h3-6,12H,1-2,7-11H2;(H,6,7). The lowest BCUT2D eigenvalue weighted by atomic mass is 10.3. The van der Waals surface area contributed by atoms with Gasteiger partial charge in [-0.2, -0.15) is 13.2 Å². The first-order valence-electron chi connectivity index (χ1n) is 8.39. The number of imidazole rings is 1. The summed E-state index contributed by atoms with van der Waals surface area (Å²) in [4.78, 5) is 22.8. The fourth-order valence-electron chi connectivity index (χ4n) is 2.87. The average molecular weight is 371 g/mol. The van der Waals surface area contributed by atoms with Crippen LogP contribution in [0.2, 0.25) is 0 Å². The first-order valence-corrected chi connectivity index (χ1v) is 8.39. The number of aliphatic carboxylic acids is 1. The third kappa shape index (κ3) is 4.63. The highest BCUT2D eigenvalue weighted by Gasteiger charge is 2.38. The number of nitrogens with zero attached hydrogens (tertiary/aromatic N) is 5. The first kappa shape index (κ1) is 18.4. The van der Waals surface area contributed by atoms with E-state index in [2.05, 4.69) is 19.8 Å². The molecule has 2 aromatic rings. The molecule has 1 saturated carbocycles. The van der Waals surface area contributed by atoms with Crippen LogP contribution >= 0.6 is 0 Å². The maximum Gasteiger partial charge on any atom is 0.490 e. The van der Waals surface area contributed by atoms with Crippen LogP contribution in [0.1, 0.15) is 12.8 Å². The van der Waals surface area contributed by atoms with Crippen molar-refractivity contribution >= 4 is 17.4 Å². The number of halogens is 3. The maximum atomic E-state index is 10.6. The number of fused-ring (bicyclic) bond motifs is 1. The Morgan fingerprint density at radius 2 is 1.69 bits per heavy atom. The van der Waals surface area contributed by atoms with Crippen LogP contribution in [0.25, 0.3) is 5.65 Å². The van der Waals surface area contributed by atoms with Crippen molar-refractivity contribution in [2.45, 2.75) is 19.0 Å². The van der Waals surface area contributed by atoms with Crippen molar-refractivity contribution in [2.24, 2.45) is 5.92 Å². The third-order valence-corrected chi connectivity index (χ3v) is 4.42. The van der Waals surface area contributed by atoms with Crippen LogP contribution in [-0.2, 0) is 4.79 Å². The van der Waals surface area contributed by atoms with Crippen LogP contribution in [0.3, 0.4) is 0 Å². The topological polar surface area (TPSA) is 74.0 Å². The van der Waals surface area contributed by atoms with E-state index in [1.165, 1.54) is 19.4 Å². The Hall–Kier alpha value is -2.36. The van der Waals surface area contributed by atoms with E-state index < -0.39 is 12.1 Å². The SMILES string of the molecule is O=C(O)C(F)(F)F.c1cn2ccnc2c(N2CCN(CC3CC3)CC2)n1. The minimum Gasteiger partial charge on any atom is -0.475 e. The van der Waals surface area contributed by atoms with Gasteiger partial charge in [0, 0.05) is 57.5 Å². The molecule has 3 heterocycles. The normalized spacial score (nSPS) is 18.5. The van der Waals surface area contributed by atoms with E-state index in [1.807, 2.05) is 29.2 Å². The molecule has 0 unspecified atom stereocenters. The molecule has 1 saturated heterocycles. The van der Waals surface area contributed by atoms with Gasteiger partial charge in [-0.15, -0.1) is 0 Å². The van der Waals surface area contributed by atoms with E-state index >= 15 is 0 Å². The minimum absolute atomic E-state index is 0.971. The predicted octanol–water partition coefficient (Wildman–Crippen LogP) is 1.89. The van der Waals surface area contributed by atoms with Crippen LogP contribution in [-0.4, -0.2) is 69.2 Å². The average Bonchev–Trinajstić information content (AvgIpc) is 3.27. The molecule has 0 spiro atoms. The summed E-state index contributed by atoms with van der Waals surface area (Å²) in [6.07, 6.45) is 5.42. The molecule has 4 rings (SSSR count). The van der Waals surface area contributed by atoms with Gasteiger partial charge in [-0.3, -0.25) is 4.90 Å². The van der Waals surface area contributed by atoms with Gasteiger partial charge in [0.1, 0.15) is 0 Å². The van der Waals surface area contributed by atoms with Gasteiger partial charge < -0.3 is 14.4 Å². The van der Waals surface area contributed by atoms with Crippen molar-refractivity contribution in [1.82, 2.24) is 19.3 Å². The number of hydrogen-bond acceptors (Lipinski definition) is 5. The molecular formula is C16H20F3N5O2. The molecular weight excluding hydrogens is 351 g/mol. The van der Waals surface area contributed by atoms with Crippen molar-refractivity contribution in [3.05, 3.63) is 24.8 Å². The lowest BCUT2D eigenvalue weighted by Gasteiger charge is -2.35. The second-order valence-electron chi connectivity index (χ2n) is 6.44. The highest BCUT2D eigenvalue weighted by molar-refractivity contribution is 5.73. The summed E-state index contributed by atoms with van der Waals surface area (Å²) in [6, 6.07) is 0. The van der Waals surface area contributed by atoms with E-state index in [9.17, 15) is 13.2 Å². The van der Waals surface area contributed by atoms with Gasteiger partial charge >= 0.3 is 12.1 Å². The summed E-state index contributed by atoms with van der Waals surface area (Å²) in [5, 5.41) is 7.12. The van der Waals surface area contributed by atoms with Crippen LogP contribution in [0.5, 0.6) is 0 Å². The molecule has 0 atom stereocenters. The molecule has 0 amide bonds. The van der Waals surface area contributed by atoms with E-state index in [0.717, 1.165) is 43.6 Å². The summed E-state index contributed by atoms with van der Waals surface area (Å²) in [6.45, 7) is 5.73. The number of alkyl halides is 3. The van der Waals surface area contributed by atoms with Crippen molar-refractivity contribution in [3.8, 4) is 0 Å². The van der Waals surface area contributed by atoms with Gasteiger partial charge in [0.15, 0.2) is 11.5 Å². The molecule has 1 N–H and O–H groups in total. The van der Waals surface area contributed by atoms with E-state index in [1.54, 1.807) is 0 Å². The zero-order valence-corrected chi connectivity index (χ0v) is 14.1. The summed E-state index contributed by atoms with van der Waals surface area (Å²) < 4.78 is 33.8. The summed E-state index contributed by atoms with van der Waals surface area (Å²) in [5.41, 5.74) is 0.971. The summed E-state index contributed by atoms with van der Waals surface area (Å²) in [5.74, 6) is -0.744. The van der Waals surface area contributed by atoms with Crippen LogP contribution < -0.4 is 4.90 Å². The van der Waals surface area contributed by atoms with Gasteiger partial charge in [0.25, 0.3) is 0 Å². The zero-order chi connectivity index (χ0) is 18.7. The van der Waals surface area contributed by atoms with Gasteiger partial charge in [0.05, 0.1) is 0 Å². The van der Waals surface area contributed by atoms with Gasteiger partial charge in [0.2, 0.25) is 0 Å². The van der Waals surface area contributed by atoms with E-state index in [-0.39, 0.29) is 0 Å². The number of rotatable bonds is 3. The summed E-state index contributed by atoms with van der Waals surface area (Å²) >= 11 is 0. The number of piperazine rings is 1. The zero-order valence-electron chi connectivity index (χ0n) is 14.1. The molecule has 0 aromatic carbocycles. The van der Waals surface area contributed by atoms with E-state index in [4.69, 9.17) is 9.90 Å². The number of carboxylic acid groups (broad SMARTS) is 1. The molecule has 142 valence electrons. The first-order chi connectivity index (χ1) is 12.3. The number of anilines is 1. The second kappa shape index (κ2) is 7.48. The molecule has 2 aromatic heterocycles. The quantitative estimate of drug-likeness (QED) is 0.888. The highest BCUT2D eigenvalue weighted by atomic mass is 19.4. The lowest BCUT2D eigenvalue weighted by Crippen LogP contribution is -2.47. The number of carbonyl (C=O) groups is 1. The monoisotopic (exact) mass is 371 g/mol. The van der Waals surface area contributed by atoms with Gasteiger partial charge in [-0.25, -0.2) is 14.8 Å². The summed E-state index contributed by atoms with van der Waals surface area (Å²) in [7, 11) is 0. The molecule has 1 aliphatic carbocycles. The fourth-order valence-corrected chi connectivity index (χ4v) is 2.87. The van der Waals surface area contributed by atoms with Crippen LogP contribution in [0, 0.1) is 5.92 Å². The van der Waals surface area contributed by atoms with Crippen LogP contribution in [0.15, 0.2) is 24.8 Å². The molecule has 2 aliphatic rings. The van der Waals surface area contributed by atoms with Crippen molar-refractivity contribution < 1.29 is 23.1 Å². The van der Waals surface area contributed by atoms with Crippen molar-refractivity contribution in [3.63, 3.8) is 0 Å². The Bertz CT molecular complexity index is 752.